The molecule has 3 N–H and O–H groups in total. The standard InChI is InChI=1S/C24H35N5O2/c1-4-28-11-13-29(14-12-28)18-21-8-6-5-7-20(21)17-27-24(25)26-16-19-9-10-22(30-2)23(15-19)31-3/h5-10,15H,4,11-14,16-18H2,1-3H3,(H3,25,26,27). The second-order valence-electron chi connectivity index (χ2n) is 7.72. The summed E-state index contributed by atoms with van der Waals surface area (Å²) in [6.45, 7) is 9.99. The van der Waals surface area contributed by atoms with Gasteiger partial charge in [-0.05, 0) is 35.4 Å². The van der Waals surface area contributed by atoms with Gasteiger partial charge < -0.3 is 25.4 Å². The molecule has 1 saturated heterocycles. The number of likely N-dealkylation sites (N-methyl/N-ethyl adjacent to an activating group) is 1. The highest BCUT2D eigenvalue weighted by atomic mass is 16.5. The van der Waals surface area contributed by atoms with Crippen molar-refractivity contribution in [1.29, 1.82) is 0 Å². The van der Waals surface area contributed by atoms with Crippen molar-refractivity contribution in [1.82, 2.24) is 15.1 Å². The summed E-state index contributed by atoms with van der Waals surface area (Å²) in [5.41, 5.74) is 9.73. The first-order valence-electron chi connectivity index (χ1n) is 10.9. The van der Waals surface area contributed by atoms with Crippen molar-refractivity contribution in [2.24, 2.45) is 10.7 Å². The monoisotopic (exact) mass is 425 g/mol. The van der Waals surface area contributed by atoms with Crippen molar-refractivity contribution < 1.29 is 9.47 Å². The van der Waals surface area contributed by atoms with Gasteiger partial charge in [0.2, 0.25) is 0 Å². The molecule has 0 aromatic heterocycles. The van der Waals surface area contributed by atoms with Crippen LogP contribution in [0.5, 0.6) is 11.5 Å². The van der Waals surface area contributed by atoms with Crippen LogP contribution >= 0.6 is 0 Å². The lowest BCUT2D eigenvalue weighted by atomic mass is 10.1. The third-order valence-electron chi connectivity index (χ3n) is 5.76. The average Bonchev–Trinajstić information content (AvgIpc) is 2.82. The summed E-state index contributed by atoms with van der Waals surface area (Å²) >= 11 is 0. The fraction of sp³-hybridized carbons (Fsp3) is 0.458. The van der Waals surface area contributed by atoms with Crippen molar-refractivity contribution in [2.45, 2.75) is 26.6 Å². The van der Waals surface area contributed by atoms with E-state index in [0.717, 1.165) is 44.8 Å². The van der Waals surface area contributed by atoms with Crippen molar-refractivity contribution in [2.75, 3.05) is 46.9 Å². The van der Waals surface area contributed by atoms with E-state index in [1.165, 1.54) is 11.1 Å². The number of hydrogen-bond donors (Lipinski definition) is 2. The number of rotatable bonds is 9. The second kappa shape index (κ2) is 11.6. The Hall–Kier alpha value is -2.77. The number of benzene rings is 2. The van der Waals surface area contributed by atoms with E-state index >= 15 is 0 Å². The molecule has 31 heavy (non-hydrogen) atoms. The first-order valence-corrected chi connectivity index (χ1v) is 10.9. The maximum atomic E-state index is 6.13. The highest BCUT2D eigenvalue weighted by Crippen LogP contribution is 2.27. The number of aliphatic imine (C=N–C) groups is 1. The van der Waals surface area contributed by atoms with E-state index in [9.17, 15) is 0 Å². The molecule has 0 unspecified atom stereocenters. The summed E-state index contributed by atoms with van der Waals surface area (Å²) < 4.78 is 10.6. The van der Waals surface area contributed by atoms with E-state index in [1.807, 2.05) is 18.2 Å². The first-order chi connectivity index (χ1) is 15.1. The fourth-order valence-electron chi connectivity index (χ4n) is 3.79. The van der Waals surface area contributed by atoms with Gasteiger partial charge in [-0.25, -0.2) is 4.99 Å². The van der Waals surface area contributed by atoms with Gasteiger partial charge in [0.05, 0.1) is 20.8 Å². The fourth-order valence-corrected chi connectivity index (χ4v) is 3.79. The molecule has 2 aromatic rings. The van der Waals surface area contributed by atoms with Crippen LogP contribution in [0.1, 0.15) is 23.6 Å². The van der Waals surface area contributed by atoms with Gasteiger partial charge in [-0.3, -0.25) is 4.90 Å². The zero-order valence-corrected chi connectivity index (χ0v) is 18.9. The predicted molar refractivity (Wildman–Crippen MR) is 126 cm³/mol. The van der Waals surface area contributed by atoms with Gasteiger partial charge >= 0.3 is 0 Å². The highest BCUT2D eigenvalue weighted by Gasteiger charge is 2.16. The minimum absolute atomic E-state index is 0.432. The normalized spacial score (nSPS) is 15.6. The Morgan fingerprint density at radius 2 is 1.65 bits per heavy atom. The number of nitrogens with one attached hydrogen (secondary N) is 1. The van der Waals surface area contributed by atoms with E-state index < -0.39 is 0 Å². The van der Waals surface area contributed by atoms with E-state index in [1.54, 1.807) is 14.2 Å². The summed E-state index contributed by atoms with van der Waals surface area (Å²) in [6.07, 6.45) is 0. The van der Waals surface area contributed by atoms with E-state index in [2.05, 4.69) is 51.3 Å². The molecule has 2 aromatic carbocycles. The second-order valence-corrected chi connectivity index (χ2v) is 7.72. The van der Waals surface area contributed by atoms with E-state index in [0.29, 0.717) is 30.5 Å². The van der Waals surface area contributed by atoms with Crippen molar-refractivity contribution in [3.8, 4) is 11.5 Å². The lowest BCUT2D eigenvalue weighted by Crippen LogP contribution is -2.45. The van der Waals surface area contributed by atoms with Gasteiger partial charge in [-0.2, -0.15) is 0 Å². The molecule has 7 heteroatoms. The molecule has 1 fully saturated rings. The van der Waals surface area contributed by atoms with Gasteiger partial charge in [-0.15, -0.1) is 0 Å². The number of ether oxygens (including phenoxy) is 2. The Kier molecular flexibility index (Phi) is 8.55. The third kappa shape index (κ3) is 6.60. The number of guanidine groups is 1. The molecule has 0 amide bonds. The zero-order valence-electron chi connectivity index (χ0n) is 18.9. The summed E-state index contributed by atoms with van der Waals surface area (Å²) in [5, 5.41) is 3.26. The molecule has 168 valence electrons. The molecule has 0 radical (unpaired) electrons. The Balaban J connectivity index is 1.55. The van der Waals surface area contributed by atoms with Gasteiger partial charge in [0.1, 0.15) is 0 Å². The Labute approximate surface area is 185 Å². The lowest BCUT2D eigenvalue weighted by molar-refractivity contribution is 0.131. The van der Waals surface area contributed by atoms with Crippen LogP contribution in [0.4, 0.5) is 0 Å². The predicted octanol–water partition coefficient (Wildman–Crippen LogP) is 2.45. The Morgan fingerprint density at radius 1 is 0.968 bits per heavy atom. The number of nitrogens with zero attached hydrogens (tertiary/aromatic N) is 3. The van der Waals surface area contributed by atoms with Crippen molar-refractivity contribution >= 4 is 5.96 Å². The van der Waals surface area contributed by atoms with Crippen LogP contribution in [0.3, 0.4) is 0 Å². The molecule has 1 aliphatic rings. The van der Waals surface area contributed by atoms with E-state index in [4.69, 9.17) is 15.2 Å². The number of hydrogen-bond acceptors (Lipinski definition) is 5. The van der Waals surface area contributed by atoms with Crippen LogP contribution in [-0.4, -0.2) is 62.7 Å². The summed E-state index contributed by atoms with van der Waals surface area (Å²) in [5.74, 6) is 1.82. The van der Waals surface area contributed by atoms with Crippen LogP contribution in [0.2, 0.25) is 0 Å². The molecule has 0 aliphatic carbocycles. The summed E-state index contributed by atoms with van der Waals surface area (Å²) in [6, 6.07) is 14.3. The van der Waals surface area contributed by atoms with Gasteiger partial charge in [-0.1, -0.05) is 37.3 Å². The Bertz CT molecular complexity index is 863. The summed E-state index contributed by atoms with van der Waals surface area (Å²) in [4.78, 5) is 9.50. The first kappa shape index (κ1) is 22.9. The van der Waals surface area contributed by atoms with Crippen LogP contribution in [0.25, 0.3) is 0 Å². The van der Waals surface area contributed by atoms with E-state index in [-0.39, 0.29) is 0 Å². The molecule has 1 aliphatic heterocycles. The average molecular weight is 426 g/mol. The molecule has 0 bridgehead atoms. The van der Waals surface area contributed by atoms with Crippen molar-refractivity contribution in [3.05, 3.63) is 59.2 Å². The molecule has 0 saturated carbocycles. The molecule has 1 heterocycles. The van der Waals surface area contributed by atoms with Gasteiger partial charge in [0.25, 0.3) is 0 Å². The summed E-state index contributed by atoms with van der Waals surface area (Å²) in [7, 11) is 3.25. The highest BCUT2D eigenvalue weighted by molar-refractivity contribution is 5.77. The largest absolute Gasteiger partial charge is 0.493 e. The number of methoxy groups -OCH3 is 2. The van der Waals surface area contributed by atoms with Gasteiger partial charge in [0, 0.05) is 39.3 Å². The third-order valence-corrected chi connectivity index (χ3v) is 5.76. The quantitative estimate of drug-likeness (QED) is 0.475. The molecule has 0 spiro atoms. The van der Waals surface area contributed by atoms with Gasteiger partial charge in [0.15, 0.2) is 17.5 Å². The lowest BCUT2D eigenvalue weighted by Gasteiger charge is -2.34. The number of nitrogens with two attached hydrogens (primary N) is 1. The molecule has 0 atom stereocenters. The molecule has 3 rings (SSSR count). The molecular weight excluding hydrogens is 390 g/mol. The van der Waals surface area contributed by atoms with Crippen LogP contribution in [0.15, 0.2) is 47.5 Å². The smallest absolute Gasteiger partial charge is 0.189 e. The molecular formula is C24H35N5O2. The van der Waals surface area contributed by atoms with Crippen LogP contribution in [-0.2, 0) is 19.6 Å². The van der Waals surface area contributed by atoms with Crippen LogP contribution in [0, 0.1) is 0 Å². The number of piperazine rings is 1. The Morgan fingerprint density at radius 3 is 2.32 bits per heavy atom. The van der Waals surface area contributed by atoms with Crippen LogP contribution < -0.4 is 20.5 Å². The molecule has 7 nitrogen and oxygen atoms in total. The van der Waals surface area contributed by atoms with Crippen molar-refractivity contribution in [3.63, 3.8) is 0 Å². The minimum Gasteiger partial charge on any atom is -0.493 e. The maximum Gasteiger partial charge on any atom is 0.189 e. The maximum absolute atomic E-state index is 6.13. The SMILES string of the molecule is CCN1CCN(Cc2ccccc2CNC(N)=NCc2ccc(OC)c(OC)c2)CC1. The zero-order chi connectivity index (χ0) is 22.1. The minimum atomic E-state index is 0.432. The topological polar surface area (TPSA) is 75.4 Å².